The molecular weight excluding hydrogens is 250 g/mol. The van der Waals surface area contributed by atoms with Crippen LogP contribution >= 0.6 is 0 Å². The molecule has 0 saturated carbocycles. The van der Waals surface area contributed by atoms with Gasteiger partial charge in [0, 0.05) is 19.3 Å². The molecule has 5 heteroatoms. The van der Waals surface area contributed by atoms with E-state index in [2.05, 4.69) is 22.2 Å². The molecule has 0 aliphatic carbocycles. The van der Waals surface area contributed by atoms with Crippen LogP contribution in [0.1, 0.15) is 17.3 Å². The molecule has 0 unspecified atom stereocenters. The first-order chi connectivity index (χ1) is 9.74. The van der Waals surface area contributed by atoms with Gasteiger partial charge in [-0.15, -0.1) is 0 Å². The lowest BCUT2D eigenvalue weighted by Gasteiger charge is -2.13. The van der Waals surface area contributed by atoms with Crippen molar-refractivity contribution in [3.8, 4) is 5.82 Å². The van der Waals surface area contributed by atoms with Gasteiger partial charge in [0.1, 0.15) is 6.33 Å². The van der Waals surface area contributed by atoms with Crippen LogP contribution in [0.5, 0.6) is 0 Å². The molecule has 1 aromatic carbocycles. The molecule has 2 N–H and O–H groups in total. The third-order valence-corrected chi connectivity index (χ3v) is 3.29. The molecule has 0 radical (unpaired) electrons. The summed E-state index contributed by atoms with van der Waals surface area (Å²) in [4.78, 5) is 4.20. The second-order valence-corrected chi connectivity index (χ2v) is 4.83. The summed E-state index contributed by atoms with van der Waals surface area (Å²) in [5, 5.41) is 4.39. The molecule has 0 amide bonds. The van der Waals surface area contributed by atoms with Crippen molar-refractivity contribution in [1.29, 1.82) is 0 Å². The zero-order chi connectivity index (χ0) is 13.9. The van der Waals surface area contributed by atoms with E-state index in [0.717, 1.165) is 17.9 Å². The van der Waals surface area contributed by atoms with Crippen LogP contribution in [-0.4, -0.2) is 19.3 Å². The minimum atomic E-state index is -0.109. The predicted octanol–water partition coefficient (Wildman–Crippen LogP) is 1.85. The summed E-state index contributed by atoms with van der Waals surface area (Å²) >= 11 is 0. The van der Waals surface area contributed by atoms with E-state index in [-0.39, 0.29) is 6.04 Å². The van der Waals surface area contributed by atoms with Crippen LogP contribution in [0.2, 0.25) is 0 Å². The van der Waals surface area contributed by atoms with Gasteiger partial charge in [-0.3, -0.25) is 9.25 Å². The van der Waals surface area contributed by atoms with Crippen molar-refractivity contribution in [1.82, 2.24) is 19.3 Å². The fourth-order valence-corrected chi connectivity index (χ4v) is 2.27. The number of hydrogen-bond donors (Lipinski definition) is 1. The monoisotopic (exact) mass is 267 g/mol. The standard InChI is InChI=1S/C15H17N5/c1-19-8-7-15(18-19)20-11-17-10-14(20)13(16)9-12-5-3-2-4-6-12/h2-8,10-11,13H,9,16H2,1H3/t13-/m1/s1. The summed E-state index contributed by atoms with van der Waals surface area (Å²) in [5.41, 5.74) is 8.50. The molecule has 5 nitrogen and oxygen atoms in total. The SMILES string of the molecule is Cn1ccc(-n2cncc2[C@H](N)Cc2ccccc2)n1. The van der Waals surface area contributed by atoms with Gasteiger partial charge in [0.25, 0.3) is 0 Å². The first kappa shape index (κ1) is 12.6. The summed E-state index contributed by atoms with van der Waals surface area (Å²) in [6.07, 6.45) is 6.24. The molecule has 0 bridgehead atoms. The predicted molar refractivity (Wildman–Crippen MR) is 77.4 cm³/mol. The highest BCUT2D eigenvalue weighted by atomic mass is 15.3. The van der Waals surface area contributed by atoms with E-state index < -0.39 is 0 Å². The van der Waals surface area contributed by atoms with Crippen LogP contribution < -0.4 is 5.73 Å². The Morgan fingerprint density at radius 1 is 1.20 bits per heavy atom. The maximum atomic E-state index is 6.32. The minimum absolute atomic E-state index is 0.109. The van der Waals surface area contributed by atoms with Crippen molar-refractivity contribution in [3.05, 3.63) is 66.4 Å². The van der Waals surface area contributed by atoms with Gasteiger partial charge in [-0.25, -0.2) is 4.98 Å². The van der Waals surface area contributed by atoms with Crippen LogP contribution in [0, 0.1) is 0 Å². The normalized spacial score (nSPS) is 12.5. The van der Waals surface area contributed by atoms with E-state index in [9.17, 15) is 0 Å². The van der Waals surface area contributed by atoms with Gasteiger partial charge in [-0.2, -0.15) is 5.10 Å². The van der Waals surface area contributed by atoms with Gasteiger partial charge in [-0.05, 0) is 12.0 Å². The Labute approximate surface area is 117 Å². The Hall–Kier alpha value is -2.40. The summed E-state index contributed by atoms with van der Waals surface area (Å²) in [6.45, 7) is 0. The number of benzene rings is 1. The van der Waals surface area contributed by atoms with Gasteiger partial charge in [0.2, 0.25) is 0 Å². The average Bonchev–Trinajstić information content (AvgIpc) is 3.08. The Balaban J connectivity index is 1.86. The maximum absolute atomic E-state index is 6.32. The Morgan fingerprint density at radius 3 is 2.70 bits per heavy atom. The second-order valence-electron chi connectivity index (χ2n) is 4.83. The molecule has 0 saturated heterocycles. The van der Waals surface area contributed by atoms with E-state index in [4.69, 9.17) is 5.73 Å². The summed E-state index contributed by atoms with van der Waals surface area (Å²) in [6, 6.07) is 12.1. The van der Waals surface area contributed by atoms with Gasteiger partial charge >= 0.3 is 0 Å². The summed E-state index contributed by atoms with van der Waals surface area (Å²) < 4.78 is 3.70. The van der Waals surface area contributed by atoms with Gasteiger partial charge in [0.05, 0.1) is 17.9 Å². The first-order valence-corrected chi connectivity index (χ1v) is 6.56. The third kappa shape index (κ3) is 2.48. The number of hydrogen-bond acceptors (Lipinski definition) is 3. The average molecular weight is 267 g/mol. The molecule has 102 valence electrons. The van der Waals surface area contributed by atoms with E-state index in [0.29, 0.717) is 0 Å². The maximum Gasteiger partial charge on any atom is 0.160 e. The van der Waals surface area contributed by atoms with Crippen molar-refractivity contribution < 1.29 is 0 Å². The van der Waals surface area contributed by atoms with E-state index >= 15 is 0 Å². The Kier molecular flexibility index (Phi) is 3.35. The summed E-state index contributed by atoms with van der Waals surface area (Å²) in [5.74, 6) is 0.837. The Bertz CT molecular complexity index is 683. The number of rotatable bonds is 4. The van der Waals surface area contributed by atoms with Crippen molar-refractivity contribution in [2.75, 3.05) is 0 Å². The lowest BCUT2D eigenvalue weighted by atomic mass is 10.0. The molecule has 2 heterocycles. The number of imidazole rings is 1. The van der Waals surface area contributed by atoms with Crippen molar-refractivity contribution in [3.63, 3.8) is 0 Å². The third-order valence-electron chi connectivity index (χ3n) is 3.29. The van der Waals surface area contributed by atoms with E-state index in [1.165, 1.54) is 5.56 Å². The number of nitrogens with two attached hydrogens (primary N) is 1. The highest BCUT2D eigenvalue weighted by Crippen LogP contribution is 2.18. The largest absolute Gasteiger partial charge is 0.322 e. The topological polar surface area (TPSA) is 61.7 Å². The van der Waals surface area contributed by atoms with Crippen LogP contribution in [0.25, 0.3) is 5.82 Å². The van der Waals surface area contributed by atoms with Gasteiger partial charge < -0.3 is 5.73 Å². The van der Waals surface area contributed by atoms with Gasteiger partial charge in [0.15, 0.2) is 5.82 Å². The van der Waals surface area contributed by atoms with Crippen molar-refractivity contribution in [2.45, 2.75) is 12.5 Å². The minimum Gasteiger partial charge on any atom is -0.322 e. The molecule has 1 atom stereocenters. The van der Waals surface area contributed by atoms with Crippen molar-refractivity contribution >= 4 is 0 Å². The number of nitrogens with zero attached hydrogens (tertiary/aromatic N) is 4. The highest BCUT2D eigenvalue weighted by molar-refractivity contribution is 5.26. The lowest BCUT2D eigenvalue weighted by molar-refractivity contribution is 0.667. The zero-order valence-electron chi connectivity index (χ0n) is 11.3. The molecule has 3 aromatic rings. The second kappa shape index (κ2) is 5.30. The summed E-state index contributed by atoms with van der Waals surface area (Å²) in [7, 11) is 1.89. The van der Waals surface area contributed by atoms with E-state index in [1.54, 1.807) is 11.0 Å². The van der Waals surface area contributed by atoms with Gasteiger partial charge in [-0.1, -0.05) is 30.3 Å². The van der Waals surface area contributed by atoms with Crippen LogP contribution in [0.15, 0.2) is 55.1 Å². The molecule has 0 aliphatic heterocycles. The lowest BCUT2D eigenvalue weighted by Crippen LogP contribution is -2.17. The molecule has 0 spiro atoms. The number of aryl methyl sites for hydroxylation is 1. The zero-order valence-corrected chi connectivity index (χ0v) is 11.3. The molecule has 20 heavy (non-hydrogen) atoms. The van der Waals surface area contributed by atoms with Crippen LogP contribution in [-0.2, 0) is 13.5 Å². The fourth-order valence-electron chi connectivity index (χ4n) is 2.27. The van der Waals surface area contributed by atoms with Crippen LogP contribution in [0.3, 0.4) is 0 Å². The molecule has 0 aliphatic rings. The molecule has 2 aromatic heterocycles. The highest BCUT2D eigenvalue weighted by Gasteiger charge is 2.14. The molecular formula is C15H17N5. The van der Waals surface area contributed by atoms with Crippen LogP contribution in [0.4, 0.5) is 0 Å². The first-order valence-electron chi connectivity index (χ1n) is 6.56. The Morgan fingerprint density at radius 2 is 2.00 bits per heavy atom. The molecule has 3 rings (SSSR count). The molecule has 0 fully saturated rings. The fraction of sp³-hybridized carbons (Fsp3) is 0.200. The van der Waals surface area contributed by atoms with E-state index in [1.807, 2.05) is 48.3 Å². The van der Waals surface area contributed by atoms with Crippen molar-refractivity contribution in [2.24, 2.45) is 12.8 Å². The quantitative estimate of drug-likeness (QED) is 0.784. The number of aromatic nitrogens is 4. The smallest absolute Gasteiger partial charge is 0.160 e.